The van der Waals surface area contributed by atoms with Crippen molar-refractivity contribution in [1.82, 2.24) is 5.27 Å². The van der Waals surface area contributed by atoms with Crippen molar-refractivity contribution < 1.29 is 9.20 Å². The molecule has 78 valence electrons. The fourth-order valence-electron chi connectivity index (χ4n) is 1.35. The van der Waals surface area contributed by atoms with Gasteiger partial charge in [-0.05, 0) is 16.8 Å². The van der Waals surface area contributed by atoms with Gasteiger partial charge in [-0.25, -0.2) is 0 Å². The summed E-state index contributed by atoms with van der Waals surface area (Å²) >= 11 is 3.39. The first-order valence-electron chi connectivity index (χ1n) is 4.56. The van der Waals surface area contributed by atoms with Crippen molar-refractivity contribution in [1.29, 1.82) is 0 Å². The summed E-state index contributed by atoms with van der Waals surface area (Å²) in [5, 5.41) is 3.82. The molecule has 1 aromatic heterocycles. The van der Waals surface area contributed by atoms with Crippen LogP contribution in [0.1, 0.15) is 18.5 Å². The Balaban J connectivity index is 2.28. The fraction of sp³-hybridized carbons (Fsp3) is 0.200. The number of nitrogens with two attached hydrogens (primary N) is 1. The van der Waals surface area contributed by atoms with Gasteiger partial charge < -0.3 is 5.73 Å². The first-order valence-corrected chi connectivity index (χ1v) is 5.35. The predicted octanol–water partition coefficient (Wildman–Crippen LogP) is 1.92. The van der Waals surface area contributed by atoms with E-state index >= 15 is 0 Å². The lowest BCUT2D eigenvalue weighted by Crippen LogP contribution is -2.39. The van der Waals surface area contributed by atoms with Crippen LogP contribution in [0.3, 0.4) is 0 Å². The molecule has 2 N–H and O–H groups in total. The highest BCUT2D eigenvalue weighted by Crippen LogP contribution is 2.16. The van der Waals surface area contributed by atoms with E-state index in [1.807, 2.05) is 31.2 Å². The van der Waals surface area contributed by atoms with Crippen molar-refractivity contribution in [3.63, 3.8) is 0 Å². The standard InChI is InChI=1S/C10H11BrN3O/c1-7(14-6-10(12)15-13-14)8-2-4-9(11)5-3-8/h2-7H,12H2,1H3/q+1/t7-/m0/s1. The molecule has 0 saturated heterocycles. The van der Waals surface area contributed by atoms with Crippen LogP contribution in [-0.4, -0.2) is 5.27 Å². The van der Waals surface area contributed by atoms with Crippen molar-refractivity contribution >= 4 is 21.8 Å². The van der Waals surface area contributed by atoms with Gasteiger partial charge in [0.05, 0.1) is 0 Å². The molecule has 0 aliphatic heterocycles. The van der Waals surface area contributed by atoms with Gasteiger partial charge in [0.2, 0.25) is 11.3 Å². The van der Waals surface area contributed by atoms with Crippen LogP contribution in [0.4, 0.5) is 5.88 Å². The molecule has 5 heteroatoms. The number of halogens is 1. The van der Waals surface area contributed by atoms with E-state index in [9.17, 15) is 0 Å². The maximum Gasteiger partial charge on any atom is 0.293 e. The van der Waals surface area contributed by atoms with E-state index < -0.39 is 0 Å². The summed E-state index contributed by atoms with van der Waals surface area (Å²) in [6.45, 7) is 2.03. The molecule has 0 radical (unpaired) electrons. The zero-order chi connectivity index (χ0) is 10.8. The summed E-state index contributed by atoms with van der Waals surface area (Å²) in [5.74, 6) is 0.318. The fourth-order valence-corrected chi connectivity index (χ4v) is 1.61. The highest BCUT2D eigenvalue weighted by atomic mass is 79.9. The summed E-state index contributed by atoms with van der Waals surface area (Å²) in [5.41, 5.74) is 6.61. The van der Waals surface area contributed by atoms with Gasteiger partial charge in [0.1, 0.15) is 0 Å². The largest absolute Gasteiger partial charge is 0.362 e. The number of nitrogens with zero attached hydrogens (tertiary/aromatic N) is 2. The Morgan fingerprint density at radius 3 is 2.60 bits per heavy atom. The summed E-state index contributed by atoms with van der Waals surface area (Å²) < 4.78 is 7.56. The lowest BCUT2D eigenvalue weighted by Gasteiger charge is -2.01. The maximum atomic E-state index is 5.46. The number of aromatic nitrogens is 2. The van der Waals surface area contributed by atoms with Crippen LogP contribution in [0.5, 0.6) is 0 Å². The average molecular weight is 269 g/mol. The zero-order valence-corrected chi connectivity index (χ0v) is 9.81. The highest BCUT2D eigenvalue weighted by molar-refractivity contribution is 9.10. The topological polar surface area (TPSA) is 55.9 Å². The second-order valence-electron chi connectivity index (χ2n) is 3.31. The minimum atomic E-state index is 0.110. The van der Waals surface area contributed by atoms with Gasteiger partial charge in [-0.1, -0.05) is 28.1 Å². The Kier molecular flexibility index (Phi) is 2.73. The van der Waals surface area contributed by atoms with Crippen LogP contribution in [-0.2, 0) is 0 Å². The first kappa shape index (κ1) is 10.2. The average Bonchev–Trinajstić information content (AvgIpc) is 2.65. The van der Waals surface area contributed by atoms with E-state index in [0.29, 0.717) is 5.88 Å². The summed E-state index contributed by atoms with van der Waals surface area (Å²) in [4.78, 5) is 0. The quantitative estimate of drug-likeness (QED) is 0.847. The van der Waals surface area contributed by atoms with Crippen molar-refractivity contribution in [3.05, 3.63) is 40.5 Å². The van der Waals surface area contributed by atoms with Gasteiger partial charge in [0.15, 0.2) is 0 Å². The summed E-state index contributed by atoms with van der Waals surface area (Å²) in [6, 6.07) is 8.17. The number of rotatable bonds is 2. The molecule has 1 aromatic carbocycles. The van der Waals surface area contributed by atoms with Crippen molar-refractivity contribution in [2.75, 3.05) is 5.73 Å². The second-order valence-corrected chi connectivity index (χ2v) is 4.23. The third kappa shape index (κ3) is 2.18. The van der Waals surface area contributed by atoms with Crippen LogP contribution in [0.15, 0.2) is 39.5 Å². The molecule has 2 rings (SSSR count). The van der Waals surface area contributed by atoms with Gasteiger partial charge in [0.25, 0.3) is 12.1 Å². The molecule has 1 atom stereocenters. The molecule has 0 unspecified atom stereocenters. The van der Waals surface area contributed by atoms with Crippen molar-refractivity contribution in [3.8, 4) is 0 Å². The lowest BCUT2D eigenvalue weighted by molar-refractivity contribution is -0.774. The number of benzene rings is 1. The number of hydrogen-bond acceptors (Lipinski definition) is 3. The Morgan fingerprint density at radius 2 is 2.07 bits per heavy atom. The SMILES string of the molecule is C[C@@H](c1ccc(Br)cc1)[n+]1cc(N)on1. The van der Waals surface area contributed by atoms with Gasteiger partial charge in [-0.3, -0.25) is 4.52 Å². The van der Waals surface area contributed by atoms with Crippen LogP contribution in [0.2, 0.25) is 0 Å². The normalized spacial score (nSPS) is 12.7. The highest BCUT2D eigenvalue weighted by Gasteiger charge is 2.19. The minimum absolute atomic E-state index is 0.110. The molecule has 1 heterocycles. The van der Waals surface area contributed by atoms with Crippen molar-refractivity contribution in [2.45, 2.75) is 13.0 Å². The molecule has 0 aliphatic rings. The third-order valence-corrected chi connectivity index (χ3v) is 2.78. The number of hydrogen-bond donors (Lipinski definition) is 1. The molecule has 15 heavy (non-hydrogen) atoms. The molecule has 0 amide bonds. The molecule has 0 spiro atoms. The molecular weight excluding hydrogens is 258 g/mol. The zero-order valence-electron chi connectivity index (χ0n) is 8.22. The van der Waals surface area contributed by atoms with Gasteiger partial charge in [0, 0.05) is 17.0 Å². The van der Waals surface area contributed by atoms with E-state index in [1.165, 1.54) is 0 Å². The molecule has 4 nitrogen and oxygen atoms in total. The second kappa shape index (κ2) is 4.02. The van der Waals surface area contributed by atoms with E-state index in [4.69, 9.17) is 10.3 Å². The van der Waals surface area contributed by atoms with Crippen LogP contribution in [0, 0.1) is 0 Å². The smallest absolute Gasteiger partial charge is 0.293 e. The molecule has 0 aliphatic carbocycles. The minimum Gasteiger partial charge on any atom is -0.362 e. The Morgan fingerprint density at radius 1 is 1.40 bits per heavy atom. The molecule has 2 aromatic rings. The van der Waals surface area contributed by atoms with Crippen molar-refractivity contribution in [2.24, 2.45) is 0 Å². The Hall–Kier alpha value is -1.36. The Labute approximate surface area is 95.8 Å². The number of nitrogen functional groups attached to an aromatic ring is 1. The Bertz CT molecular complexity index is 452. The molecule has 0 saturated carbocycles. The monoisotopic (exact) mass is 268 g/mol. The predicted molar refractivity (Wildman–Crippen MR) is 59.1 cm³/mol. The van der Waals surface area contributed by atoms with Gasteiger partial charge in [-0.2, -0.15) is 0 Å². The lowest BCUT2D eigenvalue weighted by atomic mass is 10.1. The van der Waals surface area contributed by atoms with E-state index in [0.717, 1.165) is 10.0 Å². The molecule has 0 bridgehead atoms. The van der Waals surface area contributed by atoms with E-state index in [1.54, 1.807) is 10.9 Å². The van der Waals surface area contributed by atoms with Crippen LogP contribution < -0.4 is 10.4 Å². The first-order chi connectivity index (χ1) is 7.16. The maximum absolute atomic E-state index is 5.46. The molecular formula is C10H11BrN3O+. The third-order valence-electron chi connectivity index (χ3n) is 2.25. The molecule has 0 fully saturated rings. The van der Waals surface area contributed by atoms with Gasteiger partial charge >= 0.3 is 0 Å². The van der Waals surface area contributed by atoms with E-state index in [2.05, 4.69) is 21.2 Å². The van der Waals surface area contributed by atoms with Gasteiger partial charge in [-0.15, -0.1) is 0 Å². The summed E-state index contributed by atoms with van der Waals surface area (Å²) in [6.07, 6.45) is 1.67. The van der Waals surface area contributed by atoms with E-state index in [-0.39, 0.29) is 6.04 Å². The van der Waals surface area contributed by atoms with Crippen LogP contribution in [0.25, 0.3) is 0 Å². The van der Waals surface area contributed by atoms with Crippen LogP contribution >= 0.6 is 15.9 Å². The number of anilines is 1. The summed E-state index contributed by atoms with van der Waals surface area (Å²) in [7, 11) is 0.